The minimum Gasteiger partial charge on any atom is -0.328 e. The van der Waals surface area contributed by atoms with Crippen LogP contribution in [0.4, 0.5) is 0 Å². The van der Waals surface area contributed by atoms with Crippen molar-refractivity contribution in [2.75, 3.05) is 46.3 Å². The Kier molecular flexibility index (Phi) is 4.97. The average Bonchev–Trinajstić information content (AvgIpc) is 2.83. The Morgan fingerprint density at radius 3 is 2.25 bits per heavy atom. The van der Waals surface area contributed by atoms with Crippen molar-refractivity contribution in [3.63, 3.8) is 0 Å². The number of hydrogen-bond donors (Lipinski definition) is 1. The summed E-state index contributed by atoms with van der Waals surface area (Å²) in [6, 6.07) is 2.11. The first-order valence-corrected chi connectivity index (χ1v) is 8.64. The summed E-state index contributed by atoms with van der Waals surface area (Å²) >= 11 is 0. The van der Waals surface area contributed by atoms with Crippen LogP contribution in [-0.4, -0.2) is 79.1 Å². The molecular weight excluding hydrogens is 248 g/mol. The zero-order valence-corrected chi connectivity index (χ0v) is 13.1. The highest BCUT2D eigenvalue weighted by atomic mass is 15.3. The molecule has 2 unspecified atom stereocenters. The third-order valence-corrected chi connectivity index (χ3v) is 5.72. The normalized spacial score (nSPS) is 36.3. The summed E-state index contributed by atoms with van der Waals surface area (Å²) in [5.41, 5.74) is 6.03. The predicted octanol–water partition coefficient (Wildman–Crippen LogP) is 0.968. The van der Waals surface area contributed by atoms with Crippen LogP contribution < -0.4 is 5.73 Å². The van der Waals surface area contributed by atoms with Gasteiger partial charge >= 0.3 is 0 Å². The minimum absolute atomic E-state index is 0.459. The van der Waals surface area contributed by atoms with Gasteiger partial charge in [0.25, 0.3) is 0 Å². The van der Waals surface area contributed by atoms with Crippen LogP contribution in [0.1, 0.15) is 38.5 Å². The highest BCUT2D eigenvalue weighted by molar-refractivity contribution is 4.90. The summed E-state index contributed by atoms with van der Waals surface area (Å²) in [4.78, 5) is 8.00. The zero-order valence-electron chi connectivity index (χ0n) is 13.1. The highest BCUT2D eigenvalue weighted by Crippen LogP contribution is 2.25. The summed E-state index contributed by atoms with van der Waals surface area (Å²) in [6.45, 7) is 7.66. The molecule has 0 aromatic rings. The van der Waals surface area contributed by atoms with Crippen molar-refractivity contribution in [2.45, 2.75) is 56.7 Å². The van der Waals surface area contributed by atoms with E-state index in [2.05, 4.69) is 21.7 Å². The smallest absolute Gasteiger partial charge is 0.0235 e. The first-order valence-electron chi connectivity index (χ1n) is 8.64. The van der Waals surface area contributed by atoms with Gasteiger partial charge in [0.2, 0.25) is 0 Å². The third kappa shape index (κ3) is 3.53. The monoisotopic (exact) mass is 280 g/mol. The van der Waals surface area contributed by atoms with Gasteiger partial charge in [0, 0.05) is 31.2 Å². The molecule has 0 spiro atoms. The van der Waals surface area contributed by atoms with Gasteiger partial charge in [-0.1, -0.05) is 0 Å². The average molecular weight is 280 g/mol. The Morgan fingerprint density at radius 1 is 0.750 bits per heavy atom. The van der Waals surface area contributed by atoms with Crippen molar-refractivity contribution in [1.82, 2.24) is 14.7 Å². The Balaban J connectivity index is 1.49. The topological polar surface area (TPSA) is 35.7 Å². The maximum absolute atomic E-state index is 6.03. The molecule has 0 aromatic carbocycles. The third-order valence-electron chi connectivity index (χ3n) is 5.72. The Bertz CT molecular complexity index is 301. The van der Waals surface area contributed by atoms with Crippen molar-refractivity contribution >= 4 is 0 Å². The molecule has 3 saturated heterocycles. The van der Waals surface area contributed by atoms with Gasteiger partial charge in [-0.15, -0.1) is 0 Å². The summed E-state index contributed by atoms with van der Waals surface area (Å²) in [6.07, 6.45) is 7.92. The lowest BCUT2D eigenvalue weighted by atomic mass is 10.0. The van der Waals surface area contributed by atoms with Gasteiger partial charge in [0.1, 0.15) is 0 Å². The molecule has 0 aromatic heterocycles. The molecule has 116 valence electrons. The van der Waals surface area contributed by atoms with E-state index >= 15 is 0 Å². The molecule has 2 N–H and O–H groups in total. The molecule has 2 atom stereocenters. The molecule has 0 amide bonds. The summed E-state index contributed by atoms with van der Waals surface area (Å²) in [5, 5.41) is 0. The van der Waals surface area contributed by atoms with Crippen molar-refractivity contribution in [1.29, 1.82) is 0 Å². The maximum Gasteiger partial charge on any atom is 0.0235 e. The minimum atomic E-state index is 0.459. The van der Waals surface area contributed by atoms with Crippen molar-refractivity contribution < 1.29 is 0 Å². The molecule has 0 aliphatic carbocycles. The predicted molar refractivity (Wildman–Crippen MR) is 83.9 cm³/mol. The molecule has 0 radical (unpaired) electrons. The van der Waals surface area contributed by atoms with E-state index in [-0.39, 0.29) is 0 Å². The second-order valence-electron chi connectivity index (χ2n) is 7.20. The fraction of sp³-hybridized carbons (Fsp3) is 1.00. The van der Waals surface area contributed by atoms with E-state index in [1.807, 2.05) is 0 Å². The van der Waals surface area contributed by atoms with Crippen LogP contribution in [0.15, 0.2) is 0 Å². The second-order valence-corrected chi connectivity index (χ2v) is 7.20. The van der Waals surface area contributed by atoms with E-state index in [0.717, 1.165) is 12.1 Å². The first kappa shape index (κ1) is 14.8. The first-order chi connectivity index (χ1) is 9.72. The largest absolute Gasteiger partial charge is 0.328 e. The second kappa shape index (κ2) is 6.73. The van der Waals surface area contributed by atoms with Crippen LogP contribution in [0.3, 0.4) is 0 Å². The number of rotatable bonds is 2. The number of piperidine rings is 1. The van der Waals surface area contributed by atoms with E-state index in [1.165, 1.54) is 77.8 Å². The van der Waals surface area contributed by atoms with Gasteiger partial charge in [0.15, 0.2) is 0 Å². The lowest BCUT2D eigenvalue weighted by molar-refractivity contribution is 0.140. The number of nitrogens with two attached hydrogens (primary N) is 1. The van der Waals surface area contributed by atoms with E-state index in [0.29, 0.717) is 6.04 Å². The van der Waals surface area contributed by atoms with Gasteiger partial charge in [0.05, 0.1) is 0 Å². The van der Waals surface area contributed by atoms with Gasteiger partial charge in [-0.3, -0.25) is 9.80 Å². The molecule has 3 rings (SSSR count). The van der Waals surface area contributed by atoms with E-state index in [4.69, 9.17) is 5.73 Å². The number of nitrogens with zero attached hydrogens (tertiary/aromatic N) is 3. The van der Waals surface area contributed by atoms with Gasteiger partial charge in [-0.25, -0.2) is 0 Å². The van der Waals surface area contributed by atoms with Gasteiger partial charge in [-0.05, 0) is 71.8 Å². The number of likely N-dealkylation sites (tertiary alicyclic amines) is 3. The van der Waals surface area contributed by atoms with Crippen molar-refractivity contribution in [2.24, 2.45) is 5.73 Å². The van der Waals surface area contributed by atoms with Crippen LogP contribution in [0.5, 0.6) is 0 Å². The summed E-state index contributed by atoms with van der Waals surface area (Å²) in [7, 11) is 2.27. The quantitative estimate of drug-likeness (QED) is 0.817. The zero-order chi connectivity index (χ0) is 13.9. The van der Waals surface area contributed by atoms with Gasteiger partial charge < -0.3 is 10.6 Å². The molecule has 0 saturated carbocycles. The van der Waals surface area contributed by atoms with E-state index < -0.39 is 0 Å². The molecule has 3 fully saturated rings. The Morgan fingerprint density at radius 2 is 1.45 bits per heavy atom. The maximum atomic E-state index is 6.03. The fourth-order valence-corrected chi connectivity index (χ4v) is 4.27. The summed E-state index contributed by atoms with van der Waals surface area (Å²) < 4.78 is 0. The lowest BCUT2D eigenvalue weighted by Gasteiger charge is -2.35. The molecule has 4 nitrogen and oxygen atoms in total. The molecular formula is C16H32N4. The highest BCUT2D eigenvalue weighted by Gasteiger charge is 2.33. The van der Waals surface area contributed by atoms with E-state index in [1.54, 1.807) is 0 Å². The standard InChI is InChI=1S/C16H32N4/c1-18-8-2-3-15(6-9-18)20-12-7-16(13-20)19-10-4-14(17)5-11-19/h14-16H,2-13,17H2,1H3. The van der Waals surface area contributed by atoms with Crippen molar-refractivity contribution in [3.8, 4) is 0 Å². The molecule has 3 aliphatic heterocycles. The Labute approximate surface area is 124 Å². The van der Waals surface area contributed by atoms with Crippen LogP contribution in [0, 0.1) is 0 Å². The van der Waals surface area contributed by atoms with Crippen LogP contribution in [-0.2, 0) is 0 Å². The van der Waals surface area contributed by atoms with E-state index in [9.17, 15) is 0 Å². The number of hydrogen-bond acceptors (Lipinski definition) is 4. The molecule has 0 bridgehead atoms. The molecule has 3 heterocycles. The summed E-state index contributed by atoms with van der Waals surface area (Å²) in [5.74, 6) is 0. The SMILES string of the molecule is CN1CCCC(N2CCC(N3CCC(N)CC3)C2)CC1. The Hall–Kier alpha value is -0.160. The lowest BCUT2D eigenvalue weighted by Crippen LogP contribution is -2.46. The fourth-order valence-electron chi connectivity index (χ4n) is 4.27. The van der Waals surface area contributed by atoms with Crippen molar-refractivity contribution in [3.05, 3.63) is 0 Å². The van der Waals surface area contributed by atoms with Gasteiger partial charge in [-0.2, -0.15) is 0 Å². The molecule has 4 heteroatoms. The molecule has 3 aliphatic rings. The van der Waals surface area contributed by atoms with Crippen LogP contribution in [0.25, 0.3) is 0 Å². The van der Waals surface area contributed by atoms with Crippen LogP contribution in [0.2, 0.25) is 0 Å². The molecule has 20 heavy (non-hydrogen) atoms. The van der Waals surface area contributed by atoms with Crippen LogP contribution >= 0.6 is 0 Å².